The van der Waals surface area contributed by atoms with E-state index < -0.39 is 0 Å². The van der Waals surface area contributed by atoms with Crippen LogP contribution >= 0.6 is 11.6 Å². The van der Waals surface area contributed by atoms with Gasteiger partial charge in [0.1, 0.15) is 5.88 Å². The SMILES string of the molecule is COCCn1nc(C)c(CNC(=O)CCl)c1C. The van der Waals surface area contributed by atoms with Crippen LogP contribution in [0.5, 0.6) is 0 Å². The largest absolute Gasteiger partial charge is 0.383 e. The van der Waals surface area contributed by atoms with Gasteiger partial charge in [-0.15, -0.1) is 11.6 Å². The molecule has 0 atom stereocenters. The predicted octanol–water partition coefficient (Wildman–Crippen LogP) is 1.00. The van der Waals surface area contributed by atoms with Gasteiger partial charge in [0.05, 0.1) is 18.8 Å². The normalized spacial score (nSPS) is 10.6. The van der Waals surface area contributed by atoms with Crippen molar-refractivity contribution in [3.8, 4) is 0 Å². The molecule has 5 nitrogen and oxygen atoms in total. The second kappa shape index (κ2) is 6.61. The molecule has 0 aromatic carbocycles. The van der Waals surface area contributed by atoms with E-state index in [-0.39, 0.29) is 11.8 Å². The van der Waals surface area contributed by atoms with E-state index in [9.17, 15) is 4.79 Å². The minimum Gasteiger partial charge on any atom is -0.383 e. The van der Waals surface area contributed by atoms with Gasteiger partial charge in [-0.3, -0.25) is 9.48 Å². The highest BCUT2D eigenvalue weighted by atomic mass is 35.5. The lowest BCUT2D eigenvalue weighted by atomic mass is 10.2. The minimum absolute atomic E-state index is 0.0179. The number of amides is 1. The summed E-state index contributed by atoms with van der Waals surface area (Å²) in [5, 5.41) is 7.15. The van der Waals surface area contributed by atoms with Crippen molar-refractivity contribution in [2.45, 2.75) is 26.9 Å². The summed E-state index contributed by atoms with van der Waals surface area (Å²) in [6.45, 7) is 5.72. The van der Waals surface area contributed by atoms with Gasteiger partial charge < -0.3 is 10.1 Å². The van der Waals surface area contributed by atoms with Crippen LogP contribution in [0, 0.1) is 13.8 Å². The van der Waals surface area contributed by atoms with Crippen molar-refractivity contribution in [1.82, 2.24) is 15.1 Å². The smallest absolute Gasteiger partial charge is 0.235 e. The molecule has 0 unspecified atom stereocenters. The zero-order valence-corrected chi connectivity index (χ0v) is 11.2. The number of hydrogen-bond donors (Lipinski definition) is 1. The quantitative estimate of drug-likeness (QED) is 0.776. The second-order valence-electron chi connectivity index (χ2n) is 3.78. The third kappa shape index (κ3) is 3.71. The van der Waals surface area contributed by atoms with Gasteiger partial charge in [0.25, 0.3) is 0 Å². The number of rotatable bonds is 6. The van der Waals surface area contributed by atoms with Gasteiger partial charge in [-0.1, -0.05) is 0 Å². The molecule has 0 fully saturated rings. The molecule has 6 heteroatoms. The number of methoxy groups -OCH3 is 1. The number of hydrogen-bond acceptors (Lipinski definition) is 3. The van der Waals surface area contributed by atoms with Crippen molar-refractivity contribution in [3.63, 3.8) is 0 Å². The summed E-state index contributed by atoms with van der Waals surface area (Å²) in [4.78, 5) is 11.1. The van der Waals surface area contributed by atoms with E-state index in [0.29, 0.717) is 19.7 Å². The van der Waals surface area contributed by atoms with Gasteiger partial charge in [0.2, 0.25) is 5.91 Å². The molecule has 1 rings (SSSR count). The topological polar surface area (TPSA) is 56.1 Å². The summed E-state index contributed by atoms with van der Waals surface area (Å²) in [5.41, 5.74) is 3.02. The lowest BCUT2D eigenvalue weighted by Crippen LogP contribution is -2.24. The van der Waals surface area contributed by atoms with Crippen LogP contribution in [0.15, 0.2) is 0 Å². The number of carbonyl (C=O) groups excluding carboxylic acids is 1. The molecular weight excluding hydrogens is 242 g/mol. The van der Waals surface area contributed by atoms with Crippen molar-refractivity contribution in [2.24, 2.45) is 0 Å². The first-order valence-corrected chi connectivity index (χ1v) is 5.98. The van der Waals surface area contributed by atoms with Crippen molar-refractivity contribution in [1.29, 1.82) is 0 Å². The molecule has 0 saturated heterocycles. The van der Waals surface area contributed by atoms with Crippen LogP contribution in [0.3, 0.4) is 0 Å². The molecule has 0 radical (unpaired) electrons. The Morgan fingerprint density at radius 2 is 2.24 bits per heavy atom. The standard InChI is InChI=1S/C11H18ClN3O2/c1-8-10(7-13-11(16)6-12)9(2)15(14-8)4-5-17-3/h4-7H2,1-3H3,(H,13,16). The van der Waals surface area contributed by atoms with Gasteiger partial charge in [-0.05, 0) is 13.8 Å². The first-order valence-electron chi connectivity index (χ1n) is 5.44. The predicted molar refractivity (Wildman–Crippen MR) is 66.1 cm³/mol. The Bertz CT molecular complexity index is 390. The number of nitrogens with one attached hydrogen (secondary N) is 1. The lowest BCUT2D eigenvalue weighted by Gasteiger charge is -2.05. The maximum Gasteiger partial charge on any atom is 0.235 e. The van der Waals surface area contributed by atoms with Gasteiger partial charge >= 0.3 is 0 Å². The van der Waals surface area contributed by atoms with E-state index in [1.165, 1.54) is 0 Å². The summed E-state index contributed by atoms with van der Waals surface area (Å²) in [7, 11) is 1.66. The van der Waals surface area contributed by atoms with Crippen molar-refractivity contribution < 1.29 is 9.53 Å². The Hall–Kier alpha value is -1.07. The third-order valence-electron chi connectivity index (χ3n) is 2.62. The molecule has 96 valence electrons. The summed E-state index contributed by atoms with van der Waals surface area (Å²) in [6.07, 6.45) is 0. The zero-order valence-electron chi connectivity index (χ0n) is 10.4. The number of nitrogens with zero attached hydrogens (tertiary/aromatic N) is 2. The molecule has 0 aliphatic rings. The van der Waals surface area contributed by atoms with Crippen molar-refractivity contribution in [3.05, 3.63) is 17.0 Å². The van der Waals surface area contributed by atoms with Gasteiger partial charge in [-0.25, -0.2) is 0 Å². The van der Waals surface area contributed by atoms with Crippen molar-refractivity contribution in [2.75, 3.05) is 19.6 Å². The number of aromatic nitrogens is 2. The zero-order chi connectivity index (χ0) is 12.8. The molecule has 0 aliphatic carbocycles. The highest BCUT2D eigenvalue weighted by Gasteiger charge is 2.11. The Labute approximate surface area is 106 Å². The second-order valence-corrected chi connectivity index (χ2v) is 4.04. The van der Waals surface area contributed by atoms with Crippen LogP contribution in [0.2, 0.25) is 0 Å². The molecule has 1 aromatic rings. The fourth-order valence-corrected chi connectivity index (χ4v) is 1.71. The number of ether oxygens (including phenoxy) is 1. The summed E-state index contributed by atoms with van der Waals surface area (Å²) < 4.78 is 6.91. The van der Waals surface area contributed by atoms with Crippen LogP contribution in [0.1, 0.15) is 17.0 Å². The number of halogens is 1. The average Bonchev–Trinajstić information content (AvgIpc) is 2.59. The average molecular weight is 260 g/mol. The maximum atomic E-state index is 11.1. The highest BCUT2D eigenvalue weighted by Crippen LogP contribution is 2.12. The molecule has 0 saturated carbocycles. The van der Waals surface area contributed by atoms with Crippen LogP contribution in [-0.2, 0) is 22.6 Å². The van der Waals surface area contributed by atoms with E-state index in [1.54, 1.807) is 7.11 Å². The molecule has 0 aliphatic heterocycles. The first-order chi connectivity index (χ1) is 8.10. The molecule has 1 amide bonds. The van der Waals surface area contributed by atoms with Gasteiger partial charge in [0.15, 0.2) is 0 Å². The highest BCUT2D eigenvalue weighted by molar-refractivity contribution is 6.27. The Balaban J connectivity index is 2.71. The number of aryl methyl sites for hydroxylation is 1. The molecule has 0 spiro atoms. The van der Waals surface area contributed by atoms with Crippen LogP contribution in [-0.4, -0.2) is 35.3 Å². The van der Waals surface area contributed by atoms with E-state index in [1.807, 2.05) is 18.5 Å². The molecule has 17 heavy (non-hydrogen) atoms. The van der Waals surface area contributed by atoms with Crippen LogP contribution in [0.4, 0.5) is 0 Å². The molecule has 1 heterocycles. The Morgan fingerprint density at radius 1 is 1.53 bits per heavy atom. The minimum atomic E-state index is -0.171. The van der Waals surface area contributed by atoms with E-state index >= 15 is 0 Å². The summed E-state index contributed by atoms with van der Waals surface area (Å²) in [5.74, 6) is -0.189. The van der Waals surface area contributed by atoms with Crippen LogP contribution in [0.25, 0.3) is 0 Å². The molecular formula is C11H18ClN3O2. The first kappa shape index (κ1) is 14.0. The summed E-state index contributed by atoms with van der Waals surface area (Å²) >= 11 is 5.42. The number of alkyl halides is 1. The molecule has 1 aromatic heterocycles. The van der Waals surface area contributed by atoms with Crippen molar-refractivity contribution >= 4 is 17.5 Å². The van der Waals surface area contributed by atoms with E-state index in [2.05, 4.69) is 10.4 Å². The fourth-order valence-electron chi connectivity index (χ4n) is 1.62. The Morgan fingerprint density at radius 3 is 2.82 bits per heavy atom. The lowest BCUT2D eigenvalue weighted by molar-refractivity contribution is -0.118. The maximum absolute atomic E-state index is 11.1. The van der Waals surface area contributed by atoms with Gasteiger partial charge in [0, 0.05) is 24.9 Å². The molecule has 1 N–H and O–H groups in total. The van der Waals surface area contributed by atoms with E-state index in [4.69, 9.17) is 16.3 Å². The monoisotopic (exact) mass is 259 g/mol. The van der Waals surface area contributed by atoms with E-state index in [0.717, 1.165) is 17.0 Å². The number of carbonyl (C=O) groups is 1. The third-order valence-corrected chi connectivity index (χ3v) is 2.87. The summed E-state index contributed by atoms with van der Waals surface area (Å²) in [6, 6.07) is 0. The Kier molecular flexibility index (Phi) is 5.44. The van der Waals surface area contributed by atoms with Crippen LogP contribution < -0.4 is 5.32 Å². The fraction of sp³-hybridized carbons (Fsp3) is 0.636. The van der Waals surface area contributed by atoms with Gasteiger partial charge in [-0.2, -0.15) is 5.10 Å². The molecule has 0 bridgehead atoms.